The van der Waals surface area contributed by atoms with Gasteiger partial charge in [-0.3, -0.25) is 4.79 Å². The van der Waals surface area contributed by atoms with Crippen LogP contribution < -0.4 is 0 Å². The van der Waals surface area contributed by atoms with Gasteiger partial charge in [0.15, 0.2) is 0 Å². The minimum absolute atomic E-state index is 0.00938. The SMILES string of the molecule is O=C(CCl)N(Cc1c(F)cccc1Cl)C1CCc2ncsc2C1. The lowest BCUT2D eigenvalue weighted by molar-refractivity contribution is -0.131. The first-order chi connectivity index (χ1) is 11.1. The minimum atomic E-state index is -0.404. The van der Waals surface area contributed by atoms with E-state index in [1.165, 1.54) is 10.9 Å². The summed E-state index contributed by atoms with van der Waals surface area (Å²) in [4.78, 5) is 19.5. The van der Waals surface area contributed by atoms with E-state index in [1.54, 1.807) is 28.4 Å². The summed E-state index contributed by atoms with van der Waals surface area (Å²) in [7, 11) is 0. The molecule has 0 fully saturated rings. The number of thiazole rings is 1. The maximum absolute atomic E-state index is 14.1. The van der Waals surface area contributed by atoms with Gasteiger partial charge in [0.2, 0.25) is 5.91 Å². The Morgan fingerprint density at radius 3 is 3.04 bits per heavy atom. The third-order valence-corrected chi connectivity index (χ3v) is 5.61. The van der Waals surface area contributed by atoms with Crippen LogP contribution in [0, 0.1) is 5.82 Å². The highest BCUT2D eigenvalue weighted by atomic mass is 35.5. The van der Waals surface area contributed by atoms with Crippen LogP contribution in [-0.4, -0.2) is 27.7 Å². The highest BCUT2D eigenvalue weighted by molar-refractivity contribution is 7.09. The topological polar surface area (TPSA) is 33.2 Å². The summed E-state index contributed by atoms with van der Waals surface area (Å²) < 4.78 is 14.1. The maximum atomic E-state index is 14.1. The molecule has 1 aliphatic rings. The highest BCUT2D eigenvalue weighted by Crippen LogP contribution is 2.29. The Kier molecular flexibility index (Phi) is 5.19. The largest absolute Gasteiger partial charge is 0.334 e. The lowest BCUT2D eigenvalue weighted by atomic mass is 9.95. The number of aromatic nitrogens is 1. The molecule has 1 aromatic carbocycles. The number of carbonyl (C=O) groups is 1. The normalized spacial score (nSPS) is 16.9. The molecule has 7 heteroatoms. The summed E-state index contributed by atoms with van der Waals surface area (Å²) in [5.74, 6) is -0.735. The zero-order valence-electron chi connectivity index (χ0n) is 12.3. The Hall–Kier alpha value is -1.17. The third-order valence-electron chi connectivity index (χ3n) is 4.13. The zero-order chi connectivity index (χ0) is 16.4. The molecule has 2 aromatic rings. The van der Waals surface area contributed by atoms with Gasteiger partial charge < -0.3 is 4.90 Å². The summed E-state index contributed by atoms with van der Waals surface area (Å²) in [5.41, 5.74) is 3.27. The van der Waals surface area contributed by atoms with Crippen molar-refractivity contribution in [2.45, 2.75) is 31.8 Å². The minimum Gasteiger partial charge on any atom is -0.334 e. The van der Waals surface area contributed by atoms with Gasteiger partial charge in [-0.25, -0.2) is 9.37 Å². The summed E-state index contributed by atoms with van der Waals surface area (Å²) >= 11 is 13.5. The van der Waals surface area contributed by atoms with Crippen molar-refractivity contribution in [1.82, 2.24) is 9.88 Å². The number of nitrogens with zero attached hydrogens (tertiary/aromatic N) is 2. The second kappa shape index (κ2) is 7.16. The number of hydrogen-bond donors (Lipinski definition) is 0. The average molecular weight is 373 g/mol. The molecular formula is C16H15Cl2FN2OS. The monoisotopic (exact) mass is 372 g/mol. The number of amides is 1. The first kappa shape index (κ1) is 16.7. The quantitative estimate of drug-likeness (QED) is 0.758. The second-order valence-corrected chi connectivity index (χ2v) is 7.09. The molecule has 1 unspecified atom stereocenters. The molecular weight excluding hydrogens is 358 g/mol. The van der Waals surface area contributed by atoms with Crippen molar-refractivity contribution >= 4 is 40.4 Å². The van der Waals surface area contributed by atoms with Gasteiger partial charge in [-0.1, -0.05) is 17.7 Å². The van der Waals surface area contributed by atoms with Crippen molar-refractivity contribution in [2.75, 3.05) is 5.88 Å². The van der Waals surface area contributed by atoms with E-state index in [0.29, 0.717) is 10.6 Å². The number of aryl methyl sites for hydroxylation is 1. The van der Waals surface area contributed by atoms with E-state index in [-0.39, 0.29) is 24.4 Å². The van der Waals surface area contributed by atoms with Crippen molar-refractivity contribution in [3.05, 3.63) is 50.7 Å². The number of halogens is 3. The van der Waals surface area contributed by atoms with Gasteiger partial charge in [-0.15, -0.1) is 22.9 Å². The van der Waals surface area contributed by atoms with E-state index in [1.807, 2.05) is 5.51 Å². The Bertz CT molecular complexity index is 702. The fourth-order valence-corrected chi connectivity index (χ4v) is 4.16. The summed E-state index contributed by atoms with van der Waals surface area (Å²) in [6.07, 6.45) is 2.35. The highest BCUT2D eigenvalue weighted by Gasteiger charge is 2.29. The maximum Gasteiger partial charge on any atom is 0.238 e. The van der Waals surface area contributed by atoms with Crippen molar-refractivity contribution in [3.63, 3.8) is 0 Å². The fraction of sp³-hybridized carbons (Fsp3) is 0.375. The molecule has 0 aliphatic heterocycles. The Morgan fingerprint density at radius 2 is 2.30 bits per heavy atom. The number of rotatable bonds is 4. The molecule has 1 amide bonds. The van der Waals surface area contributed by atoms with E-state index in [0.717, 1.165) is 25.0 Å². The molecule has 1 heterocycles. The molecule has 0 saturated heterocycles. The van der Waals surface area contributed by atoms with Crippen LogP contribution in [-0.2, 0) is 24.2 Å². The molecule has 0 radical (unpaired) electrons. The molecule has 1 aromatic heterocycles. The van der Waals surface area contributed by atoms with Crippen LogP contribution in [0.1, 0.15) is 22.6 Å². The smallest absolute Gasteiger partial charge is 0.238 e. The summed E-state index contributed by atoms with van der Waals surface area (Å²) in [6.45, 7) is 0.135. The number of fused-ring (bicyclic) bond motifs is 1. The predicted octanol–water partition coefficient (Wildman–Crippen LogP) is 4.06. The molecule has 1 atom stereocenters. The van der Waals surface area contributed by atoms with Crippen LogP contribution in [0.25, 0.3) is 0 Å². The van der Waals surface area contributed by atoms with Gasteiger partial charge in [0.1, 0.15) is 11.7 Å². The van der Waals surface area contributed by atoms with E-state index in [2.05, 4.69) is 4.98 Å². The van der Waals surface area contributed by atoms with Gasteiger partial charge in [-0.2, -0.15) is 0 Å². The molecule has 0 N–H and O–H groups in total. The van der Waals surface area contributed by atoms with Crippen molar-refractivity contribution in [3.8, 4) is 0 Å². The van der Waals surface area contributed by atoms with Gasteiger partial charge in [0.25, 0.3) is 0 Å². The Labute approximate surface area is 148 Å². The number of hydrogen-bond acceptors (Lipinski definition) is 3. The first-order valence-electron chi connectivity index (χ1n) is 7.29. The molecule has 23 heavy (non-hydrogen) atoms. The van der Waals surface area contributed by atoms with Gasteiger partial charge in [0, 0.05) is 27.9 Å². The summed E-state index contributed by atoms with van der Waals surface area (Å²) in [6, 6.07) is 4.53. The van der Waals surface area contributed by atoms with Crippen molar-refractivity contribution in [1.29, 1.82) is 0 Å². The van der Waals surface area contributed by atoms with Crippen LogP contribution in [0.5, 0.6) is 0 Å². The molecule has 1 aliphatic carbocycles. The van der Waals surface area contributed by atoms with E-state index in [9.17, 15) is 9.18 Å². The van der Waals surface area contributed by atoms with E-state index >= 15 is 0 Å². The summed E-state index contributed by atoms with van der Waals surface area (Å²) in [5, 5.41) is 0.326. The molecule has 0 saturated carbocycles. The third kappa shape index (κ3) is 3.52. The van der Waals surface area contributed by atoms with Crippen molar-refractivity contribution < 1.29 is 9.18 Å². The molecule has 0 bridgehead atoms. The Balaban J connectivity index is 1.86. The molecule has 0 spiro atoms. The first-order valence-corrected chi connectivity index (χ1v) is 9.09. The fourth-order valence-electron chi connectivity index (χ4n) is 2.90. The lowest BCUT2D eigenvalue weighted by Gasteiger charge is -2.34. The Morgan fingerprint density at radius 1 is 1.48 bits per heavy atom. The second-order valence-electron chi connectivity index (χ2n) is 5.47. The van der Waals surface area contributed by atoms with Crippen LogP contribution in [0.4, 0.5) is 4.39 Å². The standard InChI is InChI=1S/C16H15Cl2FN2OS/c17-7-16(22)21(8-11-12(18)2-1-3-13(11)19)10-4-5-14-15(6-10)23-9-20-14/h1-3,9-10H,4-8H2. The van der Waals surface area contributed by atoms with Crippen molar-refractivity contribution in [2.24, 2.45) is 0 Å². The molecule has 122 valence electrons. The van der Waals surface area contributed by atoms with Crippen LogP contribution in [0.15, 0.2) is 23.7 Å². The predicted molar refractivity (Wildman–Crippen MR) is 90.6 cm³/mol. The van der Waals surface area contributed by atoms with Gasteiger partial charge in [0.05, 0.1) is 17.7 Å². The van der Waals surface area contributed by atoms with Gasteiger partial charge in [-0.05, 0) is 25.0 Å². The van der Waals surface area contributed by atoms with Crippen LogP contribution >= 0.6 is 34.5 Å². The van der Waals surface area contributed by atoms with Crippen LogP contribution in [0.2, 0.25) is 5.02 Å². The van der Waals surface area contributed by atoms with E-state index < -0.39 is 5.82 Å². The zero-order valence-corrected chi connectivity index (χ0v) is 14.6. The van der Waals surface area contributed by atoms with Crippen LogP contribution in [0.3, 0.4) is 0 Å². The number of benzene rings is 1. The average Bonchev–Trinajstić information content (AvgIpc) is 3.01. The number of alkyl halides is 1. The molecule has 3 rings (SSSR count). The lowest BCUT2D eigenvalue weighted by Crippen LogP contribution is -2.43. The van der Waals surface area contributed by atoms with Gasteiger partial charge >= 0.3 is 0 Å². The number of carbonyl (C=O) groups excluding carboxylic acids is 1. The molecule has 3 nitrogen and oxygen atoms in total. The van der Waals surface area contributed by atoms with E-state index in [4.69, 9.17) is 23.2 Å².